The second-order valence-corrected chi connectivity index (χ2v) is 7.06. The molecule has 3 aromatic rings. The van der Waals surface area contributed by atoms with Crippen LogP contribution in [0.5, 0.6) is 0 Å². The smallest absolute Gasteiger partial charge is 0.366 e. The van der Waals surface area contributed by atoms with Gasteiger partial charge in [0.25, 0.3) is 5.56 Å². The van der Waals surface area contributed by atoms with Gasteiger partial charge in [-0.1, -0.05) is 11.6 Å². The van der Waals surface area contributed by atoms with Gasteiger partial charge >= 0.3 is 6.18 Å². The Bertz CT molecular complexity index is 1130. The largest absolute Gasteiger partial charge is 0.435 e. The molecule has 0 saturated carbocycles. The Labute approximate surface area is 158 Å². The van der Waals surface area contributed by atoms with Crippen molar-refractivity contribution in [1.82, 2.24) is 19.2 Å². The maximum absolute atomic E-state index is 12.7. The number of hydrogen-bond acceptors (Lipinski definition) is 5. The van der Waals surface area contributed by atoms with E-state index in [1.54, 1.807) is 6.92 Å². The van der Waals surface area contributed by atoms with Crippen LogP contribution in [0.3, 0.4) is 0 Å². The number of carbonyl (C=O) groups is 1. The number of aryl methyl sites for hydroxylation is 1. The van der Waals surface area contributed by atoms with Crippen molar-refractivity contribution in [2.24, 2.45) is 5.73 Å². The van der Waals surface area contributed by atoms with Gasteiger partial charge in [-0.3, -0.25) is 14.0 Å². The Morgan fingerprint density at radius 2 is 2.11 bits per heavy atom. The normalized spacial score (nSPS) is 12.3. The highest BCUT2D eigenvalue weighted by Crippen LogP contribution is 2.30. The van der Waals surface area contributed by atoms with Crippen LogP contribution in [-0.4, -0.2) is 25.1 Å². The summed E-state index contributed by atoms with van der Waals surface area (Å²) in [4.78, 5) is 28.7. The van der Waals surface area contributed by atoms with Crippen LogP contribution in [0.25, 0.3) is 11.0 Å². The second-order valence-electron chi connectivity index (χ2n) is 5.49. The third-order valence-corrected chi connectivity index (χ3v) is 4.80. The summed E-state index contributed by atoms with van der Waals surface area (Å²) < 4.78 is 40.4. The van der Waals surface area contributed by atoms with E-state index in [0.29, 0.717) is 21.6 Å². The molecule has 2 N–H and O–H groups in total. The van der Waals surface area contributed by atoms with E-state index < -0.39 is 23.3 Å². The van der Waals surface area contributed by atoms with E-state index in [-0.39, 0.29) is 17.4 Å². The lowest BCUT2D eigenvalue weighted by atomic mass is 10.3. The van der Waals surface area contributed by atoms with Crippen LogP contribution in [0.1, 0.15) is 22.0 Å². The van der Waals surface area contributed by atoms with Crippen molar-refractivity contribution in [2.75, 3.05) is 0 Å². The summed E-state index contributed by atoms with van der Waals surface area (Å²) in [7, 11) is 0. The predicted molar refractivity (Wildman–Crippen MR) is 93.6 cm³/mol. The van der Waals surface area contributed by atoms with E-state index >= 15 is 0 Å². The summed E-state index contributed by atoms with van der Waals surface area (Å²) in [5.41, 5.74) is 4.14. The number of rotatable bonds is 4. The fourth-order valence-corrected chi connectivity index (χ4v) is 3.56. The topological polar surface area (TPSA) is 95.3 Å². The summed E-state index contributed by atoms with van der Waals surface area (Å²) >= 11 is 6.99. The van der Waals surface area contributed by atoms with Gasteiger partial charge in [-0.25, -0.2) is 9.67 Å². The fourth-order valence-electron chi connectivity index (χ4n) is 2.37. The van der Waals surface area contributed by atoms with Crippen molar-refractivity contribution in [1.29, 1.82) is 0 Å². The van der Waals surface area contributed by atoms with E-state index in [0.717, 1.165) is 10.8 Å². The number of aromatic nitrogens is 4. The minimum atomic E-state index is -4.63. The summed E-state index contributed by atoms with van der Waals surface area (Å²) in [6, 6.07) is 1.88. The van der Waals surface area contributed by atoms with E-state index in [4.69, 9.17) is 17.3 Å². The van der Waals surface area contributed by atoms with Gasteiger partial charge in [-0.15, -0.1) is 11.3 Å². The molecule has 142 valence electrons. The molecule has 0 aliphatic rings. The number of hydrogen-bond donors (Lipinski definition) is 1. The molecule has 3 rings (SSSR count). The van der Waals surface area contributed by atoms with Crippen LogP contribution in [0.2, 0.25) is 5.15 Å². The molecule has 0 fully saturated rings. The van der Waals surface area contributed by atoms with Crippen LogP contribution in [0.4, 0.5) is 13.2 Å². The van der Waals surface area contributed by atoms with Gasteiger partial charge in [0.15, 0.2) is 10.7 Å². The lowest BCUT2D eigenvalue weighted by Gasteiger charge is -2.04. The summed E-state index contributed by atoms with van der Waals surface area (Å²) in [6.45, 7) is 1.53. The Balaban J connectivity index is 2.02. The number of amides is 1. The highest BCUT2D eigenvalue weighted by atomic mass is 35.5. The van der Waals surface area contributed by atoms with Crippen LogP contribution < -0.4 is 11.3 Å². The van der Waals surface area contributed by atoms with Crippen molar-refractivity contribution < 1.29 is 18.0 Å². The molecule has 0 aromatic carbocycles. The number of primary amides is 1. The Morgan fingerprint density at radius 3 is 2.70 bits per heavy atom. The minimum absolute atomic E-state index is 0.199. The lowest BCUT2D eigenvalue weighted by Crippen LogP contribution is -2.17. The number of carbonyl (C=O) groups excluding carboxylic acids is 1. The molecule has 3 aromatic heterocycles. The lowest BCUT2D eigenvalue weighted by molar-refractivity contribution is -0.141. The van der Waals surface area contributed by atoms with Crippen LogP contribution in [0.15, 0.2) is 23.0 Å². The van der Waals surface area contributed by atoms with Crippen molar-refractivity contribution in [2.45, 2.75) is 19.6 Å². The number of alkyl halides is 3. The molecule has 0 aliphatic heterocycles. The van der Waals surface area contributed by atoms with Crippen molar-refractivity contribution in [3.63, 3.8) is 0 Å². The molecule has 0 saturated heterocycles. The molecule has 3 heterocycles. The zero-order valence-corrected chi connectivity index (χ0v) is 15.2. The molecule has 0 aliphatic carbocycles. The molecule has 27 heavy (non-hydrogen) atoms. The SMILES string of the molecule is Cc1sc2nc(Cn3nc(C(F)(F)F)cc3Cl)cc(=O)n2c1C=CC(N)=O. The minimum Gasteiger partial charge on any atom is -0.366 e. The van der Waals surface area contributed by atoms with E-state index in [1.165, 1.54) is 27.9 Å². The van der Waals surface area contributed by atoms with Gasteiger partial charge in [0.1, 0.15) is 5.15 Å². The number of halogens is 4. The molecule has 7 nitrogen and oxygen atoms in total. The molecule has 1 amide bonds. The highest BCUT2D eigenvalue weighted by Gasteiger charge is 2.34. The van der Waals surface area contributed by atoms with Crippen molar-refractivity contribution in [3.8, 4) is 0 Å². The third-order valence-electron chi connectivity index (χ3n) is 3.53. The zero-order chi connectivity index (χ0) is 19.9. The fraction of sp³-hybridized carbons (Fsp3) is 0.200. The van der Waals surface area contributed by atoms with E-state index in [9.17, 15) is 22.8 Å². The first-order valence-electron chi connectivity index (χ1n) is 7.36. The zero-order valence-electron chi connectivity index (χ0n) is 13.6. The van der Waals surface area contributed by atoms with Gasteiger partial charge in [0.2, 0.25) is 5.91 Å². The second kappa shape index (κ2) is 6.82. The number of nitrogens with zero attached hydrogens (tertiary/aromatic N) is 4. The summed E-state index contributed by atoms with van der Waals surface area (Å²) in [6.07, 6.45) is -2.10. The number of fused-ring (bicyclic) bond motifs is 1. The monoisotopic (exact) mass is 417 g/mol. The molecule has 0 atom stereocenters. The first-order valence-corrected chi connectivity index (χ1v) is 8.56. The van der Waals surface area contributed by atoms with Crippen LogP contribution in [0, 0.1) is 6.92 Å². The molecule has 0 radical (unpaired) electrons. The van der Waals surface area contributed by atoms with E-state index in [1.807, 2.05) is 0 Å². The maximum atomic E-state index is 12.7. The Kier molecular flexibility index (Phi) is 4.82. The van der Waals surface area contributed by atoms with Crippen LogP contribution >= 0.6 is 22.9 Å². The standard InChI is InChI=1S/C15H11ClF3N5O2S/c1-7-9(2-3-12(20)25)24-13(26)4-8(21-14(24)27-7)6-23-11(16)5-10(22-23)15(17,18)19/h2-5H,6H2,1H3,(H2,20,25). The van der Waals surface area contributed by atoms with Gasteiger partial charge in [-0.2, -0.15) is 18.3 Å². The number of thiazole rings is 1. The third kappa shape index (κ3) is 3.88. The Morgan fingerprint density at radius 1 is 1.41 bits per heavy atom. The molecule has 0 bridgehead atoms. The van der Waals surface area contributed by atoms with Crippen molar-refractivity contribution >= 4 is 39.9 Å². The van der Waals surface area contributed by atoms with Crippen LogP contribution in [-0.2, 0) is 17.5 Å². The predicted octanol–water partition coefficient (Wildman–Crippen LogP) is 2.48. The molecular formula is C15H11ClF3N5O2S. The number of nitrogens with two attached hydrogens (primary N) is 1. The summed E-state index contributed by atoms with van der Waals surface area (Å²) in [5, 5.41) is 3.18. The van der Waals surface area contributed by atoms with Gasteiger partial charge in [0, 0.05) is 23.1 Å². The average molecular weight is 418 g/mol. The molecular weight excluding hydrogens is 407 g/mol. The first-order chi connectivity index (χ1) is 12.6. The van der Waals surface area contributed by atoms with Crippen molar-refractivity contribution in [3.05, 3.63) is 55.7 Å². The van der Waals surface area contributed by atoms with Gasteiger partial charge < -0.3 is 5.73 Å². The first kappa shape index (κ1) is 19.1. The quantitative estimate of drug-likeness (QED) is 0.660. The van der Waals surface area contributed by atoms with E-state index in [2.05, 4.69) is 10.1 Å². The Hall–Kier alpha value is -2.66. The highest BCUT2D eigenvalue weighted by molar-refractivity contribution is 7.17. The molecule has 0 unspecified atom stereocenters. The van der Waals surface area contributed by atoms with Gasteiger partial charge in [-0.05, 0) is 13.0 Å². The summed E-state index contributed by atoms with van der Waals surface area (Å²) in [5.74, 6) is -0.667. The maximum Gasteiger partial charge on any atom is 0.435 e. The average Bonchev–Trinajstić information content (AvgIpc) is 3.05. The molecule has 0 spiro atoms. The van der Waals surface area contributed by atoms with Gasteiger partial charge in [0.05, 0.1) is 17.9 Å². The molecule has 12 heteroatoms.